The van der Waals surface area contributed by atoms with Crippen molar-refractivity contribution in [2.45, 2.75) is 58.5 Å². The van der Waals surface area contributed by atoms with Gasteiger partial charge in [-0.25, -0.2) is 4.98 Å². The van der Waals surface area contributed by atoms with Crippen molar-refractivity contribution in [3.8, 4) is 11.3 Å². The smallest absolute Gasteiger partial charge is 0.225 e. The van der Waals surface area contributed by atoms with Crippen LogP contribution in [0.3, 0.4) is 0 Å². The van der Waals surface area contributed by atoms with E-state index in [-0.39, 0.29) is 12.3 Å². The fraction of sp³-hybridized carbons (Fsp3) is 0.407. The number of likely N-dealkylation sites (tertiary alicyclic amines) is 1. The Morgan fingerprint density at radius 2 is 2.00 bits per heavy atom. The SMILES string of the molecule is CCc1c(-c2ccc3nc(C)cn3c2)[nH]c2ccc(C3CCN(C(=O)C[C@H](C)O)CC3)cc12. The number of aromatic nitrogens is 3. The van der Waals surface area contributed by atoms with E-state index in [1.165, 1.54) is 27.8 Å². The fourth-order valence-electron chi connectivity index (χ4n) is 5.24. The lowest BCUT2D eigenvalue weighted by atomic mass is 9.88. The zero-order chi connectivity index (χ0) is 23.1. The number of pyridine rings is 1. The summed E-state index contributed by atoms with van der Waals surface area (Å²) in [5.74, 6) is 0.519. The highest BCUT2D eigenvalue weighted by molar-refractivity contribution is 5.91. The van der Waals surface area contributed by atoms with Crippen LogP contribution < -0.4 is 0 Å². The standard InChI is InChI=1S/C27H32N4O2/c1-4-22-23-14-20(19-9-11-30(12-10-19)26(33)13-18(3)32)5-7-24(23)29-27(22)21-6-8-25-28-17(2)15-31(25)16-21/h5-8,14-16,18-19,29,32H,4,9-13H2,1-3H3/t18-/m0/s1. The molecule has 1 saturated heterocycles. The van der Waals surface area contributed by atoms with Crippen molar-refractivity contribution >= 4 is 22.5 Å². The van der Waals surface area contributed by atoms with Crippen LogP contribution in [0.2, 0.25) is 0 Å². The van der Waals surface area contributed by atoms with Gasteiger partial charge in [-0.05, 0) is 74.4 Å². The topological polar surface area (TPSA) is 73.6 Å². The Morgan fingerprint density at radius 3 is 2.73 bits per heavy atom. The van der Waals surface area contributed by atoms with Gasteiger partial charge < -0.3 is 19.4 Å². The van der Waals surface area contributed by atoms with Gasteiger partial charge in [0, 0.05) is 41.9 Å². The van der Waals surface area contributed by atoms with Gasteiger partial charge in [0.15, 0.2) is 0 Å². The lowest BCUT2D eigenvalue weighted by molar-refractivity contribution is -0.134. The quantitative estimate of drug-likeness (QED) is 0.463. The molecule has 6 heteroatoms. The lowest BCUT2D eigenvalue weighted by Gasteiger charge is -2.32. The average Bonchev–Trinajstić information content (AvgIpc) is 3.36. The number of hydrogen-bond acceptors (Lipinski definition) is 3. The molecule has 6 nitrogen and oxygen atoms in total. The molecule has 0 bridgehead atoms. The first-order valence-corrected chi connectivity index (χ1v) is 12.0. The summed E-state index contributed by atoms with van der Waals surface area (Å²) >= 11 is 0. The van der Waals surface area contributed by atoms with Gasteiger partial charge in [0.1, 0.15) is 5.65 Å². The third kappa shape index (κ3) is 4.15. The molecule has 1 aliphatic heterocycles. The number of benzene rings is 1. The number of fused-ring (bicyclic) bond motifs is 2. The number of aromatic amines is 1. The van der Waals surface area contributed by atoms with Crippen LogP contribution in [-0.4, -0.2) is 49.5 Å². The number of amides is 1. The average molecular weight is 445 g/mol. The largest absolute Gasteiger partial charge is 0.393 e. The van der Waals surface area contributed by atoms with Gasteiger partial charge in [0.05, 0.1) is 23.9 Å². The van der Waals surface area contributed by atoms with E-state index in [0.717, 1.165) is 49.2 Å². The molecule has 2 N–H and O–H groups in total. The molecular formula is C27H32N4O2. The first-order valence-electron chi connectivity index (χ1n) is 12.0. The highest BCUT2D eigenvalue weighted by atomic mass is 16.3. The fourth-order valence-corrected chi connectivity index (χ4v) is 5.24. The number of H-pyrrole nitrogens is 1. The van der Waals surface area contributed by atoms with E-state index in [0.29, 0.717) is 5.92 Å². The number of aliphatic hydroxyl groups excluding tert-OH is 1. The van der Waals surface area contributed by atoms with E-state index in [9.17, 15) is 9.90 Å². The van der Waals surface area contributed by atoms with Crippen LogP contribution in [0, 0.1) is 6.92 Å². The maximum absolute atomic E-state index is 12.3. The van der Waals surface area contributed by atoms with Crippen molar-refractivity contribution in [3.63, 3.8) is 0 Å². The summed E-state index contributed by atoms with van der Waals surface area (Å²) in [4.78, 5) is 22.4. The molecule has 0 spiro atoms. The molecule has 172 valence electrons. The van der Waals surface area contributed by atoms with Gasteiger partial charge in [0.25, 0.3) is 0 Å². The lowest BCUT2D eigenvalue weighted by Crippen LogP contribution is -2.39. The summed E-state index contributed by atoms with van der Waals surface area (Å²) in [6.45, 7) is 7.42. The Kier molecular flexibility index (Phi) is 5.71. The number of piperidine rings is 1. The zero-order valence-corrected chi connectivity index (χ0v) is 19.6. The van der Waals surface area contributed by atoms with Crippen molar-refractivity contribution in [1.82, 2.24) is 19.3 Å². The van der Waals surface area contributed by atoms with Gasteiger partial charge in [0.2, 0.25) is 5.91 Å². The second-order valence-electron chi connectivity index (χ2n) is 9.41. The molecule has 0 unspecified atom stereocenters. The molecule has 0 radical (unpaired) electrons. The summed E-state index contributed by atoms with van der Waals surface area (Å²) in [7, 11) is 0. The summed E-state index contributed by atoms with van der Waals surface area (Å²) in [6.07, 6.45) is 6.73. The van der Waals surface area contributed by atoms with Crippen molar-refractivity contribution in [2.24, 2.45) is 0 Å². The number of imidazole rings is 1. The van der Waals surface area contributed by atoms with Crippen LogP contribution in [0.25, 0.3) is 27.8 Å². The Labute approximate surface area is 194 Å². The van der Waals surface area contributed by atoms with Crippen LogP contribution in [0.4, 0.5) is 0 Å². The maximum atomic E-state index is 12.3. The number of aliphatic hydroxyl groups is 1. The van der Waals surface area contributed by atoms with Crippen LogP contribution >= 0.6 is 0 Å². The monoisotopic (exact) mass is 444 g/mol. The number of carbonyl (C=O) groups is 1. The third-order valence-electron chi connectivity index (χ3n) is 6.93. The first kappa shape index (κ1) is 21.7. The predicted molar refractivity (Wildman–Crippen MR) is 131 cm³/mol. The van der Waals surface area contributed by atoms with Gasteiger partial charge in [-0.1, -0.05) is 13.0 Å². The highest BCUT2D eigenvalue weighted by Gasteiger charge is 2.25. The Balaban J connectivity index is 1.42. The summed E-state index contributed by atoms with van der Waals surface area (Å²) in [6, 6.07) is 11.0. The number of nitrogens with zero attached hydrogens (tertiary/aromatic N) is 3. The van der Waals surface area contributed by atoms with Gasteiger partial charge >= 0.3 is 0 Å². The second-order valence-corrected chi connectivity index (χ2v) is 9.41. The molecule has 5 rings (SSSR count). The third-order valence-corrected chi connectivity index (χ3v) is 6.93. The highest BCUT2D eigenvalue weighted by Crippen LogP contribution is 2.35. The second kappa shape index (κ2) is 8.67. The molecule has 1 aromatic carbocycles. The summed E-state index contributed by atoms with van der Waals surface area (Å²) in [5, 5.41) is 10.8. The van der Waals surface area contributed by atoms with E-state index in [1.54, 1.807) is 6.92 Å². The van der Waals surface area contributed by atoms with E-state index < -0.39 is 6.10 Å². The molecule has 1 atom stereocenters. The van der Waals surface area contributed by atoms with Crippen molar-refractivity contribution < 1.29 is 9.90 Å². The normalized spacial score (nSPS) is 16.1. The molecule has 4 aromatic rings. The molecular weight excluding hydrogens is 412 g/mol. The molecule has 1 amide bonds. The van der Waals surface area contributed by atoms with Gasteiger partial charge in [-0.3, -0.25) is 4.79 Å². The van der Waals surface area contributed by atoms with Crippen LogP contribution in [0.5, 0.6) is 0 Å². The van der Waals surface area contributed by atoms with Gasteiger partial charge in [-0.15, -0.1) is 0 Å². The summed E-state index contributed by atoms with van der Waals surface area (Å²) in [5.41, 5.74) is 8.18. The van der Waals surface area contributed by atoms with Gasteiger partial charge in [-0.2, -0.15) is 0 Å². The molecule has 33 heavy (non-hydrogen) atoms. The molecule has 1 fully saturated rings. The van der Waals surface area contributed by atoms with E-state index in [1.807, 2.05) is 11.8 Å². The molecule has 0 aliphatic carbocycles. The van der Waals surface area contributed by atoms with E-state index in [2.05, 4.69) is 64.0 Å². The zero-order valence-electron chi connectivity index (χ0n) is 19.6. The van der Waals surface area contributed by atoms with E-state index in [4.69, 9.17) is 0 Å². The minimum Gasteiger partial charge on any atom is -0.393 e. The minimum absolute atomic E-state index is 0.0625. The van der Waals surface area contributed by atoms with Crippen LogP contribution in [0.1, 0.15) is 55.8 Å². The van der Waals surface area contributed by atoms with Crippen LogP contribution in [0.15, 0.2) is 42.7 Å². The van der Waals surface area contributed by atoms with E-state index >= 15 is 0 Å². The van der Waals surface area contributed by atoms with Crippen LogP contribution in [-0.2, 0) is 11.2 Å². The Hall–Kier alpha value is -3.12. The molecule has 3 aromatic heterocycles. The number of aryl methyl sites for hydroxylation is 2. The molecule has 4 heterocycles. The number of hydrogen-bond donors (Lipinski definition) is 2. The maximum Gasteiger partial charge on any atom is 0.225 e. The Morgan fingerprint density at radius 1 is 1.21 bits per heavy atom. The van der Waals surface area contributed by atoms with Crippen molar-refractivity contribution in [3.05, 3.63) is 59.5 Å². The predicted octanol–water partition coefficient (Wildman–Crippen LogP) is 4.83. The molecule has 0 saturated carbocycles. The molecule has 1 aliphatic rings. The Bertz CT molecular complexity index is 1310. The van der Waals surface area contributed by atoms with Crippen molar-refractivity contribution in [1.29, 1.82) is 0 Å². The number of carbonyl (C=O) groups excluding carboxylic acids is 1. The first-order chi connectivity index (χ1) is 15.9. The summed E-state index contributed by atoms with van der Waals surface area (Å²) < 4.78 is 2.09. The minimum atomic E-state index is -0.577. The van der Waals surface area contributed by atoms with Crippen molar-refractivity contribution in [2.75, 3.05) is 13.1 Å². The number of rotatable bonds is 5. The number of nitrogens with one attached hydrogen (secondary N) is 1.